The summed E-state index contributed by atoms with van der Waals surface area (Å²) in [7, 11) is 0. The van der Waals surface area contributed by atoms with Gasteiger partial charge in [0.15, 0.2) is 5.82 Å². The van der Waals surface area contributed by atoms with Gasteiger partial charge < -0.3 is 14.6 Å². The first kappa shape index (κ1) is 18.4. The molecule has 29 heavy (non-hydrogen) atoms. The standard InChI is InChI=1S/C20H23N5O3S/c1-11-6-15(28-24-11)8-19(26)21-18-9-17(22-23-18)13-4-5-14(7-13)27-20-16(10-29-25-20)12-2-3-12/h6,9-10,12-14H,2-5,7-8H2,1H3,(H2,21,22,23,26)/t13-,14+/m0/s1. The molecule has 5 rings (SSSR count). The lowest BCUT2D eigenvalue weighted by atomic mass is 10.0. The Morgan fingerprint density at radius 2 is 2.17 bits per heavy atom. The van der Waals surface area contributed by atoms with E-state index in [1.807, 2.05) is 13.0 Å². The number of hydrogen-bond acceptors (Lipinski definition) is 7. The lowest BCUT2D eigenvalue weighted by Gasteiger charge is -2.13. The molecule has 2 N–H and O–H groups in total. The van der Waals surface area contributed by atoms with Gasteiger partial charge in [-0.05, 0) is 56.5 Å². The number of hydrogen-bond donors (Lipinski definition) is 2. The largest absolute Gasteiger partial charge is 0.474 e. The van der Waals surface area contributed by atoms with Crippen molar-refractivity contribution in [2.24, 2.45) is 0 Å². The third-order valence-corrected chi connectivity index (χ3v) is 6.19. The molecule has 0 aromatic carbocycles. The zero-order chi connectivity index (χ0) is 19.8. The number of aromatic amines is 1. The fraction of sp³-hybridized carbons (Fsp3) is 0.500. The minimum atomic E-state index is -0.178. The van der Waals surface area contributed by atoms with Crippen molar-refractivity contribution in [2.45, 2.75) is 63.4 Å². The zero-order valence-electron chi connectivity index (χ0n) is 16.2. The molecule has 2 aliphatic rings. The lowest BCUT2D eigenvalue weighted by molar-refractivity contribution is -0.115. The summed E-state index contributed by atoms with van der Waals surface area (Å²) in [6.07, 6.45) is 5.77. The molecule has 0 saturated heterocycles. The van der Waals surface area contributed by atoms with Crippen LogP contribution in [-0.4, -0.2) is 31.7 Å². The maximum Gasteiger partial charge on any atom is 0.233 e. The summed E-state index contributed by atoms with van der Waals surface area (Å²) in [5.74, 6) is 2.73. The van der Waals surface area contributed by atoms with Crippen LogP contribution >= 0.6 is 11.5 Å². The molecule has 0 aliphatic heterocycles. The molecule has 2 aliphatic carbocycles. The molecule has 2 fully saturated rings. The number of ether oxygens (including phenoxy) is 1. The van der Waals surface area contributed by atoms with Gasteiger partial charge >= 0.3 is 0 Å². The Kier molecular flexibility index (Phi) is 4.83. The average Bonchev–Trinajstić information content (AvgIpc) is 3.11. The molecular formula is C20H23N5O3S. The van der Waals surface area contributed by atoms with Crippen molar-refractivity contribution in [1.82, 2.24) is 19.7 Å². The highest BCUT2D eigenvalue weighted by Gasteiger charge is 2.33. The number of anilines is 1. The molecule has 0 bridgehead atoms. The van der Waals surface area contributed by atoms with Gasteiger partial charge in [-0.25, -0.2) is 0 Å². The first-order valence-electron chi connectivity index (χ1n) is 10.0. The van der Waals surface area contributed by atoms with Gasteiger partial charge in [0, 0.05) is 34.7 Å². The Labute approximate surface area is 172 Å². The first-order chi connectivity index (χ1) is 14.1. The third-order valence-electron chi connectivity index (χ3n) is 5.56. The highest BCUT2D eigenvalue weighted by Crippen LogP contribution is 2.46. The minimum Gasteiger partial charge on any atom is -0.474 e. The van der Waals surface area contributed by atoms with Crippen LogP contribution in [0.3, 0.4) is 0 Å². The Morgan fingerprint density at radius 3 is 2.97 bits per heavy atom. The summed E-state index contributed by atoms with van der Waals surface area (Å²) >= 11 is 1.48. The maximum absolute atomic E-state index is 12.2. The van der Waals surface area contributed by atoms with Crippen molar-refractivity contribution in [3.8, 4) is 5.88 Å². The average molecular weight is 414 g/mol. The molecule has 3 heterocycles. The molecule has 0 radical (unpaired) electrons. The summed E-state index contributed by atoms with van der Waals surface area (Å²) in [6.45, 7) is 1.82. The lowest BCUT2D eigenvalue weighted by Crippen LogP contribution is -2.14. The van der Waals surface area contributed by atoms with Crippen molar-refractivity contribution >= 4 is 23.3 Å². The van der Waals surface area contributed by atoms with Crippen LogP contribution in [0.1, 0.15) is 66.7 Å². The van der Waals surface area contributed by atoms with Gasteiger partial charge in [0.25, 0.3) is 0 Å². The van der Waals surface area contributed by atoms with Crippen LogP contribution in [0.4, 0.5) is 5.82 Å². The highest BCUT2D eigenvalue weighted by molar-refractivity contribution is 7.03. The number of carbonyl (C=O) groups excluding carboxylic acids is 1. The van der Waals surface area contributed by atoms with E-state index in [0.717, 1.165) is 36.5 Å². The molecule has 2 saturated carbocycles. The SMILES string of the molecule is Cc1cc(CC(=O)Nc2cc([C@H]3CC[C@@H](Oc4nscc4C4CC4)C3)[nH]n2)on1. The Bertz CT molecular complexity index is 1010. The molecule has 152 valence electrons. The smallest absolute Gasteiger partial charge is 0.233 e. The number of rotatable bonds is 7. The van der Waals surface area contributed by atoms with Gasteiger partial charge in [0.1, 0.15) is 11.9 Å². The van der Waals surface area contributed by atoms with E-state index in [4.69, 9.17) is 9.26 Å². The van der Waals surface area contributed by atoms with E-state index >= 15 is 0 Å². The van der Waals surface area contributed by atoms with Gasteiger partial charge in [0.05, 0.1) is 12.1 Å². The number of carbonyl (C=O) groups is 1. The van der Waals surface area contributed by atoms with E-state index in [1.165, 1.54) is 29.9 Å². The number of nitrogens with zero attached hydrogens (tertiary/aromatic N) is 3. The van der Waals surface area contributed by atoms with Gasteiger partial charge in [-0.1, -0.05) is 5.16 Å². The van der Waals surface area contributed by atoms with Crippen molar-refractivity contribution in [1.29, 1.82) is 0 Å². The second kappa shape index (κ2) is 7.62. The van der Waals surface area contributed by atoms with Gasteiger partial charge in [-0.3, -0.25) is 9.89 Å². The topological polar surface area (TPSA) is 106 Å². The third kappa shape index (κ3) is 4.19. The number of aryl methyl sites for hydroxylation is 1. The quantitative estimate of drug-likeness (QED) is 0.608. The molecule has 9 heteroatoms. The Hall–Kier alpha value is -2.68. The van der Waals surface area contributed by atoms with Crippen molar-refractivity contribution in [2.75, 3.05) is 5.32 Å². The number of amides is 1. The molecule has 1 amide bonds. The summed E-state index contributed by atoms with van der Waals surface area (Å²) in [5.41, 5.74) is 3.07. The van der Waals surface area contributed by atoms with E-state index in [2.05, 4.69) is 30.4 Å². The van der Waals surface area contributed by atoms with Gasteiger partial charge in [-0.15, -0.1) is 0 Å². The van der Waals surface area contributed by atoms with E-state index in [0.29, 0.717) is 23.4 Å². The van der Waals surface area contributed by atoms with Crippen molar-refractivity contribution < 1.29 is 14.1 Å². The normalized spacial score (nSPS) is 21.4. The molecule has 2 atom stereocenters. The second-order valence-corrected chi connectivity index (χ2v) is 8.60. The predicted octanol–water partition coefficient (Wildman–Crippen LogP) is 3.94. The summed E-state index contributed by atoms with van der Waals surface area (Å²) in [4.78, 5) is 12.2. The summed E-state index contributed by atoms with van der Waals surface area (Å²) < 4.78 is 15.8. The maximum atomic E-state index is 12.2. The van der Waals surface area contributed by atoms with E-state index in [1.54, 1.807) is 6.07 Å². The molecule has 8 nitrogen and oxygen atoms in total. The summed E-state index contributed by atoms with van der Waals surface area (Å²) in [5, 5.41) is 16.0. The van der Waals surface area contributed by atoms with Gasteiger partial charge in [0.2, 0.25) is 11.8 Å². The fourth-order valence-corrected chi connectivity index (χ4v) is 4.63. The van der Waals surface area contributed by atoms with Crippen LogP contribution in [0, 0.1) is 6.92 Å². The van der Waals surface area contributed by atoms with Crippen LogP contribution in [0.15, 0.2) is 22.0 Å². The van der Waals surface area contributed by atoms with Crippen molar-refractivity contribution in [3.63, 3.8) is 0 Å². The second-order valence-electron chi connectivity index (χ2n) is 7.97. The first-order valence-corrected chi connectivity index (χ1v) is 10.9. The number of nitrogens with one attached hydrogen (secondary N) is 2. The fourth-order valence-electron chi connectivity index (χ4n) is 3.93. The van der Waals surface area contributed by atoms with Crippen molar-refractivity contribution in [3.05, 3.63) is 40.2 Å². The number of H-pyrrole nitrogens is 1. The molecular weight excluding hydrogens is 390 g/mol. The Morgan fingerprint density at radius 1 is 1.31 bits per heavy atom. The van der Waals surface area contributed by atoms with Crippen LogP contribution in [0.5, 0.6) is 5.88 Å². The van der Waals surface area contributed by atoms with E-state index in [9.17, 15) is 4.79 Å². The Balaban J connectivity index is 1.15. The van der Waals surface area contributed by atoms with E-state index in [-0.39, 0.29) is 18.4 Å². The van der Waals surface area contributed by atoms with Crippen LogP contribution in [-0.2, 0) is 11.2 Å². The number of aromatic nitrogens is 4. The van der Waals surface area contributed by atoms with Gasteiger partial charge in [-0.2, -0.15) is 9.47 Å². The van der Waals surface area contributed by atoms with E-state index < -0.39 is 0 Å². The highest BCUT2D eigenvalue weighted by atomic mass is 32.1. The minimum absolute atomic E-state index is 0.138. The zero-order valence-corrected chi connectivity index (χ0v) is 17.0. The van der Waals surface area contributed by atoms with Crippen LogP contribution in [0.25, 0.3) is 0 Å². The molecule has 3 aromatic rings. The monoisotopic (exact) mass is 413 g/mol. The summed E-state index contributed by atoms with van der Waals surface area (Å²) in [6, 6.07) is 3.67. The molecule has 3 aromatic heterocycles. The predicted molar refractivity (Wildman–Crippen MR) is 107 cm³/mol. The molecule has 0 spiro atoms. The van der Waals surface area contributed by atoms with Crippen LogP contribution < -0.4 is 10.1 Å². The molecule has 0 unspecified atom stereocenters. The van der Waals surface area contributed by atoms with Crippen LogP contribution in [0.2, 0.25) is 0 Å².